The number of hydrogen-bond donors (Lipinski definition) is 0. The third-order valence-electron chi connectivity index (χ3n) is 3.24. The fourth-order valence-corrected chi connectivity index (χ4v) is 3.69. The molecule has 3 rings (SSSR count). The minimum Gasteiger partial charge on any atom is -0.145 e. The highest BCUT2D eigenvalue weighted by atomic mass is 35.5. The molecule has 0 bridgehead atoms. The van der Waals surface area contributed by atoms with E-state index >= 15 is 0 Å². The third-order valence-corrected chi connectivity index (χ3v) is 5.33. The summed E-state index contributed by atoms with van der Waals surface area (Å²) in [6.45, 7) is 0. The van der Waals surface area contributed by atoms with Gasteiger partial charge in [0.05, 0.1) is 0 Å². The first-order valence-electron chi connectivity index (χ1n) is 5.89. The Bertz CT molecular complexity index is 478. The highest BCUT2D eigenvalue weighted by molar-refractivity contribution is 8.01. The van der Waals surface area contributed by atoms with Gasteiger partial charge in [0.25, 0.3) is 0 Å². The van der Waals surface area contributed by atoms with Gasteiger partial charge in [-0.15, -0.1) is 11.8 Å². The van der Waals surface area contributed by atoms with E-state index in [1.165, 1.54) is 17.5 Å². The third kappa shape index (κ3) is 2.54. The molecule has 2 atom stereocenters. The fraction of sp³-hybridized carbons (Fsp3) is 0.200. The van der Waals surface area contributed by atoms with Crippen molar-refractivity contribution in [3.8, 4) is 0 Å². The van der Waals surface area contributed by atoms with Gasteiger partial charge in [0.15, 0.2) is 0 Å². The van der Waals surface area contributed by atoms with Crippen LogP contribution >= 0.6 is 35.0 Å². The molecule has 0 N–H and O–H groups in total. The van der Waals surface area contributed by atoms with Crippen LogP contribution in [0.3, 0.4) is 0 Å². The predicted octanol–water partition coefficient (Wildman–Crippen LogP) is 5.91. The van der Waals surface area contributed by atoms with Gasteiger partial charge in [0.1, 0.15) is 0 Å². The van der Waals surface area contributed by atoms with Gasteiger partial charge < -0.3 is 0 Å². The Morgan fingerprint density at radius 2 is 1.06 bits per heavy atom. The molecule has 2 unspecified atom stereocenters. The monoisotopic (exact) mass is 294 g/mol. The highest BCUT2D eigenvalue weighted by Crippen LogP contribution is 2.57. The van der Waals surface area contributed by atoms with E-state index in [9.17, 15) is 0 Å². The molecule has 0 nitrogen and oxygen atoms in total. The van der Waals surface area contributed by atoms with Gasteiger partial charge in [-0.05, 0) is 41.8 Å². The second-order valence-corrected chi connectivity index (χ2v) is 6.74. The van der Waals surface area contributed by atoms with Crippen molar-refractivity contribution in [2.24, 2.45) is 0 Å². The summed E-state index contributed by atoms with van der Waals surface area (Å²) in [5.74, 6) is 0. The molecule has 1 saturated heterocycles. The summed E-state index contributed by atoms with van der Waals surface area (Å²) in [5, 5.41) is 2.81. The largest absolute Gasteiger partial charge is 0.145 e. The molecule has 1 heterocycles. The maximum atomic E-state index is 5.90. The number of benzene rings is 2. The molecule has 92 valence electrons. The van der Waals surface area contributed by atoms with E-state index in [-0.39, 0.29) is 0 Å². The van der Waals surface area contributed by atoms with E-state index < -0.39 is 0 Å². The Morgan fingerprint density at radius 3 is 1.39 bits per heavy atom. The van der Waals surface area contributed by atoms with Crippen LogP contribution in [-0.4, -0.2) is 0 Å². The van der Waals surface area contributed by atoms with Crippen molar-refractivity contribution < 1.29 is 0 Å². The first-order valence-corrected chi connectivity index (χ1v) is 7.58. The molecule has 0 amide bonds. The van der Waals surface area contributed by atoms with Crippen LogP contribution in [0.5, 0.6) is 0 Å². The normalized spacial score (nSPS) is 22.6. The zero-order chi connectivity index (χ0) is 12.5. The lowest BCUT2D eigenvalue weighted by atomic mass is 10.0. The number of thioether (sulfide) groups is 1. The van der Waals surface area contributed by atoms with Crippen molar-refractivity contribution in [3.05, 3.63) is 69.7 Å². The summed E-state index contributed by atoms with van der Waals surface area (Å²) in [7, 11) is 0. The van der Waals surface area contributed by atoms with Gasteiger partial charge in [-0.1, -0.05) is 47.5 Å². The van der Waals surface area contributed by atoms with Crippen molar-refractivity contribution in [2.45, 2.75) is 16.9 Å². The lowest BCUT2D eigenvalue weighted by molar-refractivity contribution is 0.720. The molecule has 2 aromatic carbocycles. The molecular weight excluding hydrogens is 283 g/mol. The molecule has 3 heteroatoms. The molecule has 1 aliphatic rings. The molecule has 1 fully saturated rings. The average molecular weight is 295 g/mol. The van der Waals surface area contributed by atoms with Crippen LogP contribution in [0.1, 0.15) is 28.0 Å². The molecule has 2 aromatic rings. The summed E-state index contributed by atoms with van der Waals surface area (Å²) >= 11 is 13.8. The Morgan fingerprint density at radius 1 is 0.722 bits per heavy atom. The van der Waals surface area contributed by atoms with E-state index in [1.54, 1.807) is 0 Å². The van der Waals surface area contributed by atoms with Crippen molar-refractivity contribution in [1.82, 2.24) is 0 Å². The lowest BCUT2D eigenvalue weighted by Crippen LogP contribution is -2.13. The average Bonchev–Trinajstić information content (AvgIpc) is 2.32. The Hall–Kier alpha value is -0.630. The summed E-state index contributed by atoms with van der Waals surface area (Å²) in [5.41, 5.74) is 2.74. The molecule has 1 aliphatic heterocycles. The second kappa shape index (κ2) is 5.16. The smallest absolute Gasteiger partial charge is 0.0406 e. The van der Waals surface area contributed by atoms with E-state index in [1.807, 2.05) is 36.0 Å². The minimum absolute atomic E-state index is 0.600. The predicted molar refractivity (Wildman–Crippen MR) is 80.6 cm³/mol. The molecule has 0 saturated carbocycles. The molecule has 0 aromatic heterocycles. The minimum atomic E-state index is 0.600. The Kier molecular flexibility index (Phi) is 3.56. The van der Waals surface area contributed by atoms with Crippen LogP contribution in [0.4, 0.5) is 0 Å². The van der Waals surface area contributed by atoms with Crippen LogP contribution in [0.2, 0.25) is 10.0 Å². The maximum Gasteiger partial charge on any atom is 0.0406 e. The van der Waals surface area contributed by atoms with Crippen LogP contribution in [0.15, 0.2) is 48.5 Å². The summed E-state index contributed by atoms with van der Waals surface area (Å²) in [6.07, 6.45) is 1.19. The van der Waals surface area contributed by atoms with Gasteiger partial charge in [0, 0.05) is 20.5 Å². The van der Waals surface area contributed by atoms with Gasteiger partial charge >= 0.3 is 0 Å². The zero-order valence-corrected chi connectivity index (χ0v) is 12.0. The van der Waals surface area contributed by atoms with Crippen molar-refractivity contribution in [2.75, 3.05) is 0 Å². The van der Waals surface area contributed by atoms with Crippen LogP contribution < -0.4 is 0 Å². The fourth-order valence-electron chi connectivity index (χ4n) is 2.17. The molecular formula is C15H12Cl2S. The van der Waals surface area contributed by atoms with Crippen molar-refractivity contribution in [3.63, 3.8) is 0 Å². The number of halogens is 2. The topological polar surface area (TPSA) is 0 Å². The van der Waals surface area contributed by atoms with Gasteiger partial charge in [-0.3, -0.25) is 0 Å². The molecule has 0 aliphatic carbocycles. The quantitative estimate of drug-likeness (QED) is 0.663. The zero-order valence-electron chi connectivity index (χ0n) is 9.64. The van der Waals surface area contributed by atoms with Crippen molar-refractivity contribution >= 4 is 35.0 Å². The summed E-state index contributed by atoms with van der Waals surface area (Å²) < 4.78 is 0. The van der Waals surface area contributed by atoms with E-state index in [0.29, 0.717) is 10.5 Å². The van der Waals surface area contributed by atoms with Crippen molar-refractivity contribution in [1.29, 1.82) is 0 Å². The summed E-state index contributed by atoms with van der Waals surface area (Å²) in [6, 6.07) is 16.4. The van der Waals surface area contributed by atoms with Crippen LogP contribution in [0.25, 0.3) is 0 Å². The van der Waals surface area contributed by atoms with E-state index in [0.717, 1.165) is 10.0 Å². The standard InChI is InChI=1S/C15H12Cl2S/c16-12-5-1-10(2-6-12)14-9-15(18-14)11-3-7-13(17)8-4-11/h1-8,14-15H,9H2. The first-order chi connectivity index (χ1) is 8.72. The SMILES string of the molecule is Clc1ccc(C2CC(c3ccc(Cl)cc3)S2)cc1. The van der Waals surface area contributed by atoms with E-state index in [4.69, 9.17) is 23.2 Å². The molecule has 18 heavy (non-hydrogen) atoms. The van der Waals surface area contributed by atoms with Gasteiger partial charge in [-0.25, -0.2) is 0 Å². The number of rotatable bonds is 2. The van der Waals surface area contributed by atoms with Crippen LogP contribution in [0, 0.1) is 0 Å². The Balaban J connectivity index is 1.66. The highest BCUT2D eigenvalue weighted by Gasteiger charge is 2.31. The number of hydrogen-bond acceptors (Lipinski definition) is 1. The second-order valence-electron chi connectivity index (χ2n) is 4.45. The maximum absolute atomic E-state index is 5.90. The first kappa shape index (κ1) is 12.4. The van der Waals surface area contributed by atoms with Gasteiger partial charge in [-0.2, -0.15) is 0 Å². The van der Waals surface area contributed by atoms with E-state index in [2.05, 4.69) is 24.3 Å². The molecule has 0 radical (unpaired) electrons. The Labute approximate surface area is 121 Å². The molecule has 0 spiro atoms. The van der Waals surface area contributed by atoms with Crippen LogP contribution in [-0.2, 0) is 0 Å². The summed E-state index contributed by atoms with van der Waals surface area (Å²) in [4.78, 5) is 0. The van der Waals surface area contributed by atoms with Gasteiger partial charge in [0.2, 0.25) is 0 Å². The lowest BCUT2D eigenvalue weighted by Gasteiger charge is -2.35.